The van der Waals surface area contributed by atoms with Crippen LogP contribution in [-0.2, 0) is 0 Å². The van der Waals surface area contributed by atoms with Crippen LogP contribution in [0.25, 0.3) is 16.1 Å². The minimum Gasteiger partial charge on any atom is -0.317 e. The lowest BCUT2D eigenvalue weighted by molar-refractivity contribution is 0.446. The lowest BCUT2D eigenvalue weighted by atomic mass is 9.94. The number of aromatic nitrogens is 3. The number of nitrogens with one attached hydrogen (secondary N) is 2. The van der Waals surface area contributed by atoms with E-state index >= 15 is 0 Å². The molecule has 3 aromatic rings. The smallest absolute Gasteiger partial charge is 0.251 e. The van der Waals surface area contributed by atoms with Gasteiger partial charge in [0, 0.05) is 22.2 Å². The van der Waals surface area contributed by atoms with Crippen molar-refractivity contribution in [3.8, 4) is 16.5 Å². The van der Waals surface area contributed by atoms with E-state index < -0.39 is 0 Å². The van der Waals surface area contributed by atoms with Gasteiger partial charge in [0.25, 0.3) is 5.56 Å². The van der Waals surface area contributed by atoms with Crippen molar-refractivity contribution in [3.05, 3.63) is 45.3 Å². The highest BCUT2D eigenvalue weighted by Crippen LogP contribution is 2.31. The first-order valence-corrected chi connectivity index (χ1v) is 8.45. The Morgan fingerprint density at radius 3 is 2.91 bits per heavy atom. The van der Waals surface area contributed by atoms with E-state index in [1.54, 1.807) is 12.3 Å². The molecule has 1 aliphatic heterocycles. The number of hydrogen-bond acceptors (Lipinski definition) is 5. The normalized spacial score (nSPS) is 15.8. The molecule has 4 rings (SSSR count). The van der Waals surface area contributed by atoms with Gasteiger partial charge in [-0.1, -0.05) is 0 Å². The van der Waals surface area contributed by atoms with Crippen molar-refractivity contribution in [2.24, 2.45) is 0 Å². The average molecular weight is 325 g/mol. The summed E-state index contributed by atoms with van der Waals surface area (Å²) in [4.78, 5) is 16.0. The quantitative estimate of drug-likeness (QED) is 0.755. The molecular formula is C16H15N5OS. The van der Waals surface area contributed by atoms with Gasteiger partial charge in [0.1, 0.15) is 11.7 Å². The van der Waals surface area contributed by atoms with E-state index in [9.17, 15) is 4.79 Å². The molecule has 0 saturated carbocycles. The van der Waals surface area contributed by atoms with Crippen molar-refractivity contribution >= 4 is 17.0 Å². The molecule has 23 heavy (non-hydrogen) atoms. The fourth-order valence-electron chi connectivity index (χ4n) is 3.14. The molecule has 116 valence electrons. The van der Waals surface area contributed by atoms with Crippen molar-refractivity contribution in [2.45, 2.75) is 18.8 Å². The second-order valence-corrected chi connectivity index (χ2v) is 6.62. The summed E-state index contributed by atoms with van der Waals surface area (Å²) in [6, 6.07) is 5.63. The summed E-state index contributed by atoms with van der Waals surface area (Å²) >= 11 is 1.49. The third-order valence-corrected chi connectivity index (χ3v) is 5.25. The van der Waals surface area contributed by atoms with Crippen LogP contribution in [0.4, 0.5) is 0 Å². The standard InChI is InChI=1S/C16H15N5OS/c17-7-10-5-14(23-9-10)12-8-19-21-13(6-15(22)20-16(12)21)11-1-3-18-4-2-11/h5-6,8-9,11,18H,1-4H2,(H,20,22). The average Bonchev–Trinajstić information content (AvgIpc) is 3.21. The molecule has 7 heteroatoms. The summed E-state index contributed by atoms with van der Waals surface area (Å²) in [5.41, 5.74) is 3.06. The number of H-pyrrole nitrogens is 1. The second kappa shape index (κ2) is 5.65. The van der Waals surface area contributed by atoms with Crippen molar-refractivity contribution < 1.29 is 0 Å². The number of fused-ring (bicyclic) bond motifs is 1. The molecule has 1 saturated heterocycles. The van der Waals surface area contributed by atoms with Crippen LogP contribution in [0.2, 0.25) is 0 Å². The molecule has 1 aliphatic rings. The van der Waals surface area contributed by atoms with Crippen LogP contribution in [0.5, 0.6) is 0 Å². The van der Waals surface area contributed by atoms with Crippen LogP contribution < -0.4 is 10.9 Å². The molecule has 1 fully saturated rings. The molecule has 0 bridgehead atoms. The number of thiophene rings is 1. The zero-order chi connectivity index (χ0) is 15.8. The summed E-state index contributed by atoms with van der Waals surface area (Å²) in [6.45, 7) is 1.92. The van der Waals surface area contributed by atoms with Crippen molar-refractivity contribution in [1.29, 1.82) is 5.26 Å². The molecule has 0 amide bonds. The molecule has 0 radical (unpaired) electrons. The molecule has 0 aliphatic carbocycles. The van der Waals surface area contributed by atoms with E-state index in [1.165, 1.54) is 11.3 Å². The highest BCUT2D eigenvalue weighted by Gasteiger charge is 2.21. The second-order valence-electron chi connectivity index (χ2n) is 5.71. The minimum absolute atomic E-state index is 0.107. The molecule has 2 N–H and O–H groups in total. The highest BCUT2D eigenvalue weighted by molar-refractivity contribution is 7.13. The molecule has 0 unspecified atom stereocenters. The first-order chi connectivity index (χ1) is 11.3. The number of nitriles is 1. The Morgan fingerprint density at radius 1 is 1.35 bits per heavy atom. The topological polar surface area (TPSA) is 86.0 Å². The Morgan fingerprint density at radius 2 is 2.17 bits per heavy atom. The van der Waals surface area contributed by atoms with Crippen LogP contribution in [-0.4, -0.2) is 27.7 Å². The maximum absolute atomic E-state index is 12.1. The van der Waals surface area contributed by atoms with Gasteiger partial charge in [0.05, 0.1) is 23.0 Å². The Bertz CT molecular complexity index is 955. The van der Waals surface area contributed by atoms with Crippen molar-refractivity contribution in [2.75, 3.05) is 13.1 Å². The summed E-state index contributed by atoms with van der Waals surface area (Å²) in [5.74, 6) is 0.340. The number of rotatable bonds is 2. The lowest BCUT2D eigenvalue weighted by Gasteiger charge is -2.23. The molecule has 3 aromatic heterocycles. The van der Waals surface area contributed by atoms with Crippen LogP contribution in [0.1, 0.15) is 30.0 Å². The Labute approximate surface area is 136 Å². The first kappa shape index (κ1) is 14.2. The van der Waals surface area contributed by atoms with Gasteiger partial charge in [0.2, 0.25) is 0 Å². The molecule has 6 nitrogen and oxygen atoms in total. The van der Waals surface area contributed by atoms with Gasteiger partial charge >= 0.3 is 0 Å². The summed E-state index contributed by atoms with van der Waals surface area (Å²) in [7, 11) is 0. The summed E-state index contributed by atoms with van der Waals surface area (Å²) in [5, 5.41) is 18.6. The van der Waals surface area contributed by atoms with Crippen LogP contribution in [0.3, 0.4) is 0 Å². The molecule has 0 spiro atoms. The Balaban J connectivity index is 1.87. The van der Waals surface area contributed by atoms with E-state index in [2.05, 4.69) is 21.5 Å². The number of hydrogen-bond donors (Lipinski definition) is 2. The van der Waals surface area contributed by atoms with Crippen LogP contribution in [0.15, 0.2) is 28.5 Å². The number of nitrogens with zero attached hydrogens (tertiary/aromatic N) is 3. The van der Waals surface area contributed by atoms with Crippen LogP contribution in [0, 0.1) is 11.3 Å². The predicted octanol–water partition coefficient (Wildman–Crippen LogP) is 2.09. The van der Waals surface area contributed by atoms with E-state index in [-0.39, 0.29) is 5.56 Å². The summed E-state index contributed by atoms with van der Waals surface area (Å²) in [6.07, 6.45) is 3.78. The van der Waals surface area contributed by atoms with E-state index in [0.29, 0.717) is 17.1 Å². The van der Waals surface area contributed by atoms with E-state index in [4.69, 9.17) is 5.26 Å². The van der Waals surface area contributed by atoms with Gasteiger partial charge in [-0.2, -0.15) is 10.4 Å². The summed E-state index contributed by atoms with van der Waals surface area (Å²) < 4.78 is 1.85. The van der Waals surface area contributed by atoms with Gasteiger partial charge in [-0.15, -0.1) is 11.3 Å². The molecular weight excluding hydrogens is 310 g/mol. The molecule has 0 aromatic carbocycles. The zero-order valence-electron chi connectivity index (χ0n) is 12.4. The molecule has 0 atom stereocenters. The maximum atomic E-state index is 12.1. The van der Waals surface area contributed by atoms with Crippen LogP contribution >= 0.6 is 11.3 Å². The highest BCUT2D eigenvalue weighted by atomic mass is 32.1. The fourth-order valence-corrected chi connectivity index (χ4v) is 3.98. The fraction of sp³-hybridized carbons (Fsp3) is 0.312. The van der Waals surface area contributed by atoms with E-state index in [0.717, 1.165) is 42.1 Å². The van der Waals surface area contributed by atoms with Gasteiger partial charge < -0.3 is 10.3 Å². The third kappa shape index (κ3) is 2.46. The zero-order valence-corrected chi connectivity index (χ0v) is 13.2. The first-order valence-electron chi connectivity index (χ1n) is 7.57. The molecule has 4 heterocycles. The maximum Gasteiger partial charge on any atom is 0.251 e. The Kier molecular flexibility index (Phi) is 3.48. The SMILES string of the molecule is N#Cc1csc(-c2cnn3c(C4CCNCC4)cc(=O)[nH]c23)c1. The number of aromatic amines is 1. The lowest BCUT2D eigenvalue weighted by Crippen LogP contribution is -2.28. The van der Waals surface area contributed by atoms with Gasteiger partial charge in [-0.05, 0) is 32.0 Å². The largest absolute Gasteiger partial charge is 0.317 e. The van der Waals surface area contributed by atoms with Crippen molar-refractivity contribution in [3.63, 3.8) is 0 Å². The van der Waals surface area contributed by atoms with Gasteiger partial charge in [0.15, 0.2) is 0 Å². The minimum atomic E-state index is -0.107. The predicted molar refractivity (Wildman–Crippen MR) is 88.7 cm³/mol. The number of piperidine rings is 1. The van der Waals surface area contributed by atoms with E-state index in [1.807, 2.05) is 16.0 Å². The monoisotopic (exact) mass is 325 g/mol. The Hall–Kier alpha value is -2.43. The van der Waals surface area contributed by atoms with Gasteiger partial charge in [-0.3, -0.25) is 4.79 Å². The van der Waals surface area contributed by atoms with Crippen molar-refractivity contribution in [1.82, 2.24) is 19.9 Å². The van der Waals surface area contributed by atoms with Gasteiger partial charge in [-0.25, -0.2) is 4.52 Å². The third-order valence-electron chi connectivity index (χ3n) is 4.29.